The molecule has 0 aromatic carbocycles. The van der Waals surface area contributed by atoms with Crippen LogP contribution in [0.1, 0.15) is 40.6 Å². The number of Topliss-reactive ketones (excluding diaryl/α,β-unsaturated/α-hetero) is 1. The molecule has 0 bridgehead atoms. The van der Waals surface area contributed by atoms with Gasteiger partial charge in [-0.3, -0.25) is 4.79 Å². The van der Waals surface area contributed by atoms with Crippen molar-refractivity contribution in [3.63, 3.8) is 0 Å². The van der Waals surface area contributed by atoms with E-state index in [0.29, 0.717) is 11.8 Å². The van der Waals surface area contributed by atoms with Gasteiger partial charge in [-0.2, -0.15) is 0 Å². The molecule has 1 aliphatic carbocycles. The van der Waals surface area contributed by atoms with Crippen molar-refractivity contribution >= 4 is 17.5 Å². The topological polar surface area (TPSA) is 34.9 Å². The summed E-state index contributed by atoms with van der Waals surface area (Å²) in [5.74, 6) is 0.645. The van der Waals surface area contributed by atoms with Gasteiger partial charge in [0.05, 0.1) is 10.8 Å². The molecule has 104 valence electrons. The molecular formula is C16H18N2OS. The van der Waals surface area contributed by atoms with Crippen LogP contribution >= 0.6 is 11.8 Å². The van der Waals surface area contributed by atoms with Crippen molar-refractivity contribution in [2.45, 2.75) is 37.8 Å². The van der Waals surface area contributed by atoms with Crippen molar-refractivity contribution in [2.24, 2.45) is 0 Å². The average Bonchev–Trinajstić information content (AvgIpc) is 3.23. The number of rotatable bonds is 5. The molecule has 0 spiro atoms. The Morgan fingerprint density at radius 2 is 2.20 bits per heavy atom. The van der Waals surface area contributed by atoms with Crippen molar-refractivity contribution in [1.82, 2.24) is 9.55 Å². The van der Waals surface area contributed by atoms with Gasteiger partial charge >= 0.3 is 0 Å². The summed E-state index contributed by atoms with van der Waals surface area (Å²) in [5.41, 5.74) is 3.20. The molecule has 0 radical (unpaired) electrons. The smallest absolute Gasteiger partial charge is 0.174 e. The Bertz CT molecular complexity index is 629. The molecule has 0 amide bonds. The lowest BCUT2D eigenvalue weighted by molar-refractivity contribution is 0.102. The SMILES string of the molecule is Cc1cc(C(=O)CSc2ccccn2)c(C)n1C1CC1. The molecule has 1 saturated carbocycles. The molecule has 4 heteroatoms. The Hall–Kier alpha value is -1.55. The monoisotopic (exact) mass is 286 g/mol. The van der Waals surface area contributed by atoms with E-state index in [0.717, 1.165) is 16.3 Å². The Morgan fingerprint density at radius 3 is 2.85 bits per heavy atom. The number of aromatic nitrogens is 2. The van der Waals surface area contributed by atoms with Crippen LogP contribution in [-0.4, -0.2) is 21.1 Å². The van der Waals surface area contributed by atoms with E-state index in [4.69, 9.17) is 0 Å². The first kappa shape index (κ1) is 13.4. The van der Waals surface area contributed by atoms with Crippen LogP contribution in [-0.2, 0) is 0 Å². The van der Waals surface area contributed by atoms with Gasteiger partial charge in [0.2, 0.25) is 0 Å². The predicted molar refractivity (Wildman–Crippen MR) is 81.5 cm³/mol. The van der Waals surface area contributed by atoms with Crippen LogP contribution in [0, 0.1) is 13.8 Å². The normalized spacial score (nSPS) is 14.5. The summed E-state index contributed by atoms with van der Waals surface area (Å²) >= 11 is 1.50. The highest BCUT2D eigenvalue weighted by molar-refractivity contribution is 7.99. The zero-order valence-corrected chi connectivity index (χ0v) is 12.6. The number of pyridine rings is 1. The number of hydrogen-bond donors (Lipinski definition) is 0. The fraction of sp³-hybridized carbons (Fsp3) is 0.375. The predicted octanol–water partition coefficient (Wildman–Crippen LogP) is 3.81. The molecule has 0 unspecified atom stereocenters. The maximum absolute atomic E-state index is 12.4. The first-order chi connectivity index (χ1) is 9.66. The Labute approximate surface area is 123 Å². The van der Waals surface area contributed by atoms with Crippen molar-refractivity contribution in [3.8, 4) is 0 Å². The van der Waals surface area contributed by atoms with Crippen LogP contribution in [0.25, 0.3) is 0 Å². The van der Waals surface area contributed by atoms with Crippen LogP contribution in [0.3, 0.4) is 0 Å². The zero-order valence-electron chi connectivity index (χ0n) is 11.8. The summed E-state index contributed by atoms with van der Waals surface area (Å²) < 4.78 is 2.32. The molecule has 1 fully saturated rings. The van der Waals surface area contributed by atoms with E-state index < -0.39 is 0 Å². The van der Waals surface area contributed by atoms with Gasteiger partial charge in [0.25, 0.3) is 0 Å². The maximum atomic E-state index is 12.4. The van der Waals surface area contributed by atoms with Crippen molar-refractivity contribution < 1.29 is 4.79 Å². The van der Waals surface area contributed by atoms with Crippen LogP contribution in [0.15, 0.2) is 35.5 Å². The standard InChI is InChI=1S/C16H18N2OS/c1-11-9-14(12(2)18(11)13-6-7-13)15(19)10-20-16-5-3-4-8-17-16/h3-5,8-9,13H,6-7,10H2,1-2H3. The highest BCUT2D eigenvalue weighted by Crippen LogP contribution is 2.38. The van der Waals surface area contributed by atoms with Gasteiger partial charge in [-0.05, 0) is 44.9 Å². The minimum Gasteiger partial charge on any atom is -0.345 e. The molecule has 3 nitrogen and oxygen atoms in total. The minimum atomic E-state index is 0.195. The summed E-state index contributed by atoms with van der Waals surface area (Å²) in [6, 6.07) is 8.42. The largest absolute Gasteiger partial charge is 0.345 e. The fourth-order valence-corrected chi connectivity index (χ4v) is 3.35. The van der Waals surface area contributed by atoms with Crippen molar-refractivity contribution in [3.05, 3.63) is 47.4 Å². The quantitative estimate of drug-likeness (QED) is 0.619. The lowest BCUT2D eigenvalue weighted by atomic mass is 10.2. The first-order valence-electron chi connectivity index (χ1n) is 6.92. The molecule has 1 aliphatic rings. The Balaban J connectivity index is 1.73. The van der Waals surface area contributed by atoms with E-state index in [-0.39, 0.29) is 5.78 Å². The molecule has 0 atom stereocenters. The number of aryl methyl sites for hydroxylation is 1. The number of ketones is 1. The van der Waals surface area contributed by atoms with Gasteiger partial charge in [0.1, 0.15) is 0 Å². The van der Waals surface area contributed by atoms with Gasteiger partial charge < -0.3 is 4.57 Å². The van der Waals surface area contributed by atoms with Crippen LogP contribution in [0.2, 0.25) is 0 Å². The van der Waals surface area contributed by atoms with E-state index in [1.54, 1.807) is 6.20 Å². The molecule has 2 heterocycles. The highest BCUT2D eigenvalue weighted by Gasteiger charge is 2.28. The van der Waals surface area contributed by atoms with E-state index in [1.165, 1.54) is 30.3 Å². The first-order valence-corrected chi connectivity index (χ1v) is 7.91. The van der Waals surface area contributed by atoms with E-state index >= 15 is 0 Å². The molecular weight excluding hydrogens is 268 g/mol. The lowest BCUT2D eigenvalue weighted by Crippen LogP contribution is -2.05. The number of nitrogens with zero attached hydrogens (tertiary/aromatic N) is 2. The summed E-state index contributed by atoms with van der Waals surface area (Å²) in [6.07, 6.45) is 4.24. The molecule has 2 aromatic heterocycles. The summed E-state index contributed by atoms with van der Waals surface area (Å²) in [4.78, 5) is 16.6. The molecule has 0 aliphatic heterocycles. The van der Waals surface area contributed by atoms with Crippen molar-refractivity contribution in [1.29, 1.82) is 0 Å². The summed E-state index contributed by atoms with van der Waals surface area (Å²) in [5, 5.41) is 0.900. The highest BCUT2D eigenvalue weighted by atomic mass is 32.2. The van der Waals surface area contributed by atoms with Gasteiger partial charge in [-0.15, -0.1) is 0 Å². The summed E-state index contributed by atoms with van der Waals surface area (Å²) in [6.45, 7) is 4.15. The Kier molecular flexibility index (Phi) is 3.66. The van der Waals surface area contributed by atoms with Crippen LogP contribution < -0.4 is 0 Å². The second kappa shape index (κ2) is 5.44. The average molecular weight is 286 g/mol. The molecule has 0 saturated heterocycles. The fourth-order valence-electron chi connectivity index (χ4n) is 2.60. The van der Waals surface area contributed by atoms with E-state index in [9.17, 15) is 4.79 Å². The Morgan fingerprint density at radius 1 is 1.40 bits per heavy atom. The molecule has 2 aromatic rings. The van der Waals surface area contributed by atoms with Gasteiger partial charge in [-0.25, -0.2) is 4.98 Å². The number of thioether (sulfide) groups is 1. The second-order valence-corrected chi connectivity index (χ2v) is 6.26. The molecule has 0 N–H and O–H groups in total. The third-order valence-electron chi connectivity index (χ3n) is 3.69. The zero-order chi connectivity index (χ0) is 14.1. The van der Waals surface area contributed by atoms with Gasteiger partial charge in [0, 0.05) is 29.2 Å². The minimum absolute atomic E-state index is 0.195. The number of hydrogen-bond acceptors (Lipinski definition) is 3. The van der Waals surface area contributed by atoms with E-state index in [1.807, 2.05) is 24.3 Å². The third kappa shape index (κ3) is 2.66. The van der Waals surface area contributed by atoms with Crippen LogP contribution in [0.5, 0.6) is 0 Å². The summed E-state index contributed by atoms with van der Waals surface area (Å²) in [7, 11) is 0. The van der Waals surface area contributed by atoms with Crippen molar-refractivity contribution in [2.75, 3.05) is 5.75 Å². The van der Waals surface area contributed by atoms with E-state index in [2.05, 4.69) is 23.4 Å². The van der Waals surface area contributed by atoms with Gasteiger partial charge in [0.15, 0.2) is 5.78 Å². The second-order valence-electron chi connectivity index (χ2n) is 5.27. The van der Waals surface area contributed by atoms with Crippen LogP contribution in [0.4, 0.5) is 0 Å². The lowest BCUT2D eigenvalue weighted by Gasteiger charge is -2.07. The maximum Gasteiger partial charge on any atom is 0.174 e. The van der Waals surface area contributed by atoms with Gasteiger partial charge in [-0.1, -0.05) is 17.8 Å². The molecule has 3 rings (SSSR count). The number of carbonyl (C=O) groups excluding carboxylic acids is 1. The molecule has 20 heavy (non-hydrogen) atoms. The number of carbonyl (C=O) groups is 1. The third-order valence-corrected chi connectivity index (χ3v) is 4.63.